The molecule has 78 valence electrons. The molecule has 0 aromatic rings. The van der Waals surface area contributed by atoms with Crippen molar-refractivity contribution in [3.63, 3.8) is 0 Å². The Hall–Kier alpha value is -0.410. The number of unbranched alkanes of at least 4 members (excludes halogenated alkanes) is 1. The molecule has 0 fully saturated rings. The number of rotatable bonds is 7. The van der Waals surface area contributed by atoms with Crippen molar-refractivity contribution in [2.24, 2.45) is 5.92 Å². The molecule has 13 heavy (non-hydrogen) atoms. The first-order chi connectivity index (χ1) is 6.17. The van der Waals surface area contributed by atoms with Gasteiger partial charge in [0.15, 0.2) is 5.78 Å². The van der Waals surface area contributed by atoms with Crippen LogP contribution in [0, 0.1) is 5.92 Å². The van der Waals surface area contributed by atoms with Gasteiger partial charge in [-0.15, -0.1) is 0 Å². The zero-order chi connectivity index (χ0) is 10.3. The molecule has 0 aliphatic carbocycles. The maximum atomic E-state index is 11.6. The summed E-state index contributed by atoms with van der Waals surface area (Å²) in [5.41, 5.74) is 0. The first-order valence-corrected chi connectivity index (χ1v) is 4.99. The SMILES string of the molecule is CCCCC(C)C(=O)C(CO)NC. The molecule has 0 spiro atoms. The zero-order valence-corrected chi connectivity index (χ0v) is 8.84. The van der Waals surface area contributed by atoms with Crippen molar-refractivity contribution in [3.8, 4) is 0 Å². The Kier molecular flexibility index (Phi) is 6.82. The molecule has 0 saturated carbocycles. The van der Waals surface area contributed by atoms with Gasteiger partial charge in [-0.25, -0.2) is 0 Å². The van der Waals surface area contributed by atoms with Crippen molar-refractivity contribution in [2.75, 3.05) is 13.7 Å². The van der Waals surface area contributed by atoms with Crippen molar-refractivity contribution in [2.45, 2.75) is 39.2 Å². The van der Waals surface area contributed by atoms with Crippen molar-refractivity contribution >= 4 is 5.78 Å². The number of hydrogen-bond acceptors (Lipinski definition) is 3. The summed E-state index contributed by atoms with van der Waals surface area (Å²) in [6, 6.07) is -0.383. The molecule has 0 heterocycles. The van der Waals surface area contributed by atoms with Crippen LogP contribution >= 0.6 is 0 Å². The Labute approximate surface area is 80.5 Å². The van der Waals surface area contributed by atoms with Crippen LogP contribution in [0.5, 0.6) is 0 Å². The first kappa shape index (κ1) is 12.6. The topological polar surface area (TPSA) is 49.3 Å². The third-order valence-corrected chi connectivity index (χ3v) is 2.35. The van der Waals surface area contributed by atoms with Gasteiger partial charge >= 0.3 is 0 Å². The molecule has 0 aromatic heterocycles. The highest BCUT2D eigenvalue weighted by Gasteiger charge is 2.20. The maximum Gasteiger partial charge on any atom is 0.154 e. The quantitative estimate of drug-likeness (QED) is 0.624. The molecule has 0 aliphatic heterocycles. The second kappa shape index (κ2) is 7.04. The number of Topliss-reactive ketones (excluding diaryl/α,β-unsaturated/α-hetero) is 1. The molecule has 0 bridgehead atoms. The first-order valence-electron chi connectivity index (χ1n) is 4.99. The van der Waals surface area contributed by atoms with Gasteiger partial charge in [0, 0.05) is 5.92 Å². The van der Waals surface area contributed by atoms with E-state index in [-0.39, 0.29) is 24.3 Å². The fourth-order valence-corrected chi connectivity index (χ4v) is 1.32. The van der Waals surface area contributed by atoms with E-state index in [0.717, 1.165) is 19.3 Å². The predicted octanol–water partition coefficient (Wildman–Crippen LogP) is 0.962. The monoisotopic (exact) mass is 187 g/mol. The van der Waals surface area contributed by atoms with E-state index in [1.165, 1.54) is 0 Å². The second-order valence-corrected chi connectivity index (χ2v) is 3.47. The summed E-state index contributed by atoms with van der Waals surface area (Å²) in [6.07, 6.45) is 3.11. The van der Waals surface area contributed by atoms with Crippen LogP contribution in [0.4, 0.5) is 0 Å². The Morgan fingerprint density at radius 2 is 2.15 bits per heavy atom. The number of hydrogen-bond donors (Lipinski definition) is 2. The highest BCUT2D eigenvalue weighted by molar-refractivity contribution is 5.86. The van der Waals surface area contributed by atoms with Gasteiger partial charge in [-0.3, -0.25) is 4.79 Å². The molecule has 0 aliphatic rings. The molecular weight excluding hydrogens is 166 g/mol. The molecule has 3 heteroatoms. The second-order valence-electron chi connectivity index (χ2n) is 3.47. The van der Waals surface area contributed by atoms with Crippen LogP contribution in [0.3, 0.4) is 0 Å². The van der Waals surface area contributed by atoms with Gasteiger partial charge in [0.2, 0.25) is 0 Å². The van der Waals surface area contributed by atoms with E-state index in [1.54, 1.807) is 7.05 Å². The van der Waals surface area contributed by atoms with Crippen LogP contribution in [-0.4, -0.2) is 30.6 Å². The number of ketones is 1. The van der Waals surface area contributed by atoms with Crippen molar-refractivity contribution in [1.29, 1.82) is 0 Å². The van der Waals surface area contributed by atoms with Gasteiger partial charge in [0.05, 0.1) is 12.6 Å². The van der Waals surface area contributed by atoms with Gasteiger partial charge < -0.3 is 10.4 Å². The minimum Gasteiger partial charge on any atom is -0.394 e. The van der Waals surface area contributed by atoms with Crippen LogP contribution in [0.1, 0.15) is 33.1 Å². The molecule has 0 amide bonds. The van der Waals surface area contributed by atoms with Crippen LogP contribution in [0.2, 0.25) is 0 Å². The normalized spacial score (nSPS) is 15.4. The van der Waals surface area contributed by atoms with E-state index in [2.05, 4.69) is 12.2 Å². The van der Waals surface area contributed by atoms with E-state index in [9.17, 15) is 4.79 Å². The largest absolute Gasteiger partial charge is 0.394 e. The average Bonchev–Trinajstić information content (AvgIpc) is 2.15. The number of carbonyl (C=O) groups excluding carboxylic acids is 1. The average molecular weight is 187 g/mol. The molecular formula is C10H21NO2. The lowest BCUT2D eigenvalue weighted by Crippen LogP contribution is -2.40. The van der Waals surface area contributed by atoms with E-state index in [0.29, 0.717) is 0 Å². The zero-order valence-electron chi connectivity index (χ0n) is 8.84. The summed E-state index contributed by atoms with van der Waals surface area (Å²) in [4.78, 5) is 11.6. The van der Waals surface area contributed by atoms with Crippen molar-refractivity contribution < 1.29 is 9.90 Å². The Balaban J connectivity index is 3.92. The molecule has 0 rings (SSSR count). The van der Waals surface area contributed by atoms with Gasteiger partial charge in [0.25, 0.3) is 0 Å². The van der Waals surface area contributed by atoms with Crippen LogP contribution < -0.4 is 5.32 Å². The lowest BCUT2D eigenvalue weighted by atomic mass is 9.95. The molecule has 2 N–H and O–H groups in total. The van der Waals surface area contributed by atoms with Gasteiger partial charge in [-0.1, -0.05) is 26.7 Å². The van der Waals surface area contributed by atoms with Crippen molar-refractivity contribution in [3.05, 3.63) is 0 Å². The Morgan fingerprint density at radius 1 is 1.54 bits per heavy atom. The minimum absolute atomic E-state index is 0.0598. The highest BCUT2D eigenvalue weighted by atomic mass is 16.3. The number of aliphatic hydroxyl groups is 1. The number of likely N-dealkylation sites (N-methyl/N-ethyl adjacent to an activating group) is 1. The lowest BCUT2D eigenvalue weighted by Gasteiger charge is -2.16. The number of nitrogens with one attached hydrogen (secondary N) is 1. The predicted molar refractivity (Wildman–Crippen MR) is 53.6 cm³/mol. The Morgan fingerprint density at radius 3 is 2.54 bits per heavy atom. The third-order valence-electron chi connectivity index (χ3n) is 2.35. The number of aliphatic hydroxyl groups excluding tert-OH is 1. The van der Waals surface area contributed by atoms with Gasteiger partial charge in [0.1, 0.15) is 0 Å². The summed E-state index contributed by atoms with van der Waals surface area (Å²) < 4.78 is 0. The lowest BCUT2D eigenvalue weighted by molar-refractivity contribution is -0.125. The van der Waals surface area contributed by atoms with Crippen LogP contribution in [-0.2, 0) is 4.79 Å². The smallest absolute Gasteiger partial charge is 0.154 e. The Bertz CT molecular complexity index is 144. The molecule has 2 atom stereocenters. The summed E-state index contributed by atoms with van der Waals surface area (Å²) in [7, 11) is 1.70. The molecule has 2 unspecified atom stereocenters. The van der Waals surface area contributed by atoms with Crippen LogP contribution in [0.15, 0.2) is 0 Å². The van der Waals surface area contributed by atoms with Crippen molar-refractivity contribution in [1.82, 2.24) is 5.32 Å². The summed E-state index contributed by atoms with van der Waals surface area (Å²) in [5, 5.41) is 11.7. The molecule has 3 nitrogen and oxygen atoms in total. The standard InChI is InChI=1S/C10H21NO2/c1-4-5-6-8(2)10(13)9(7-12)11-3/h8-9,11-12H,4-7H2,1-3H3. The van der Waals surface area contributed by atoms with Gasteiger partial charge in [-0.2, -0.15) is 0 Å². The van der Waals surface area contributed by atoms with Gasteiger partial charge in [-0.05, 0) is 13.5 Å². The summed E-state index contributed by atoms with van der Waals surface area (Å²) >= 11 is 0. The van der Waals surface area contributed by atoms with E-state index < -0.39 is 0 Å². The van der Waals surface area contributed by atoms with E-state index >= 15 is 0 Å². The molecule has 0 aromatic carbocycles. The maximum absolute atomic E-state index is 11.6. The van der Waals surface area contributed by atoms with Crippen LogP contribution in [0.25, 0.3) is 0 Å². The third kappa shape index (κ3) is 4.39. The van der Waals surface area contributed by atoms with E-state index in [1.807, 2.05) is 6.92 Å². The summed E-state index contributed by atoms with van der Waals surface area (Å²) in [5.74, 6) is 0.183. The fraction of sp³-hybridized carbons (Fsp3) is 0.900. The highest BCUT2D eigenvalue weighted by Crippen LogP contribution is 2.10. The van der Waals surface area contributed by atoms with E-state index in [4.69, 9.17) is 5.11 Å². The fourth-order valence-electron chi connectivity index (χ4n) is 1.32. The number of carbonyl (C=O) groups is 1. The molecule has 0 saturated heterocycles. The molecule has 0 radical (unpaired) electrons. The minimum atomic E-state index is -0.383. The summed E-state index contributed by atoms with van der Waals surface area (Å²) in [6.45, 7) is 3.93.